The number of ether oxygens (including phenoxy) is 1. The Morgan fingerprint density at radius 2 is 1.73 bits per heavy atom. The standard InChI is InChI=1S/C12H17NOS/c1-14-12-7-5-11(6-8-12)13-15-9-3-2-4-10-15/h5-8H,2-4,9-10H2,1H3. The Morgan fingerprint density at radius 1 is 1.07 bits per heavy atom. The van der Waals surface area contributed by atoms with Crippen LogP contribution in [0.2, 0.25) is 0 Å². The van der Waals surface area contributed by atoms with Crippen LogP contribution in [0.25, 0.3) is 0 Å². The van der Waals surface area contributed by atoms with Crippen LogP contribution in [0, 0.1) is 0 Å². The summed E-state index contributed by atoms with van der Waals surface area (Å²) in [5.41, 5.74) is 1.10. The van der Waals surface area contributed by atoms with Crippen molar-refractivity contribution >= 4 is 16.4 Å². The van der Waals surface area contributed by atoms with Crippen LogP contribution in [0.3, 0.4) is 0 Å². The van der Waals surface area contributed by atoms with Crippen molar-refractivity contribution in [2.45, 2.75) is 19.3 Å². The van der Waals surface area contributed by atoms with Gasteiger partial charge in [-0.1, -0.05) is 17.1 Å². The number of rotatable bonds is 2. The molecule has 0 atom stereocenters. The van der Waals surface area contributed by atoms with Crippen LogP contribution in [0.4, 0.5) is 5.69 Å². The summed E-state index contributed by atoms with van der Waals surface area (Å²) in [6.07, 6.45) is 4.09. The van der Waals surface area contributed by atoms with Crippen molar-refractivity contribution in [1.82, 2.24) is 0 Å². The number of hydrogen-bond acceptors (Lipinski definition) is 2. The van der Waals surface area contributed by atoms with Crippen molar-refractivity contribution in [3.63, 3.8) is 0 Å². The van der Waals surface area contributed by atoms with Gasteiger partial charge >= 0.3 is 0 Å². The van der Waals surface area contributed by atoms with E-state index in [1.54, 1.807) is 7.11 Å². The van der Waals surface area contributed by atoms with Crippen molar-refractivity contribution in [1.29, 1.82) is 0 Å². The predicted octanol–water partition coefficient (Wildman–Crippen LogP) is 3.31. The molecule has 2 rings (SSSR count). The van der Waals surface area contributed by atoms with Crippen LogP contribution >= 0.6 is 0 Å². The summed E-state index contributed by atoms with van der Waals surface area (Å²) in [6, 6.07) is 8.04. The molecule has 0 N–H and O–H groups in total. The van der Waals surface area contributed by atoms with Crippen LogP contribution < -0.4 is 4.74 Å². The van der Waals surface area contributed by atoms with Gasteiger partial charge in [0, 0.05) is 11.5 Å². The van der Waals surface area contributed by atoms with Gasteiger partial charge in [-0.3, -0.25) is 0 Å². The van der Waals surface area contributed by atoms with Gasteiger partial charge in [0.1, 0.15) is 5.75 Å². The van der Waals surface area contributed by atoms with E-state index in [1.807, 2.05) is 24.3 Å². The Labute approximate surface area is 93.8 Å². The number of methoxy groups -OCH3 is 1. The van der Waals surface area contributed by atoms with Gasteiger partial charge in [-0.25, -0.2) is 4.36 Å². The van der Waals surface area contributed by atoms with Crippen molar-refractivity contribution < 1.29 is 4.74 Å². The number of hydrogen-bond donors (Lipinski definition) is 0. The molecule has 0 aromatic heterocycles. The Bertz CT molecular complexity index is 337. The highest BCUT2D eigenvalue weighted by atomic mass is 32.2. The monoisotopic (exact) mass is 223 g/mol. The van der Waals surface area contributed by atoms with Crippen LogP contribution in [0.5, 0.6) is 5.75 Å². The van der Waals surface area contributed by atoms with Gasteiger partial charge in [0.2, 0.25) is 0 Å². The first-order chi connectivity index (χ1) is 7.38. The highest BCUT2D eigenvalue weighted by Gasteiger charge is 2.04. The minimum Gasteiger partial charge on any atom is -0.497 e. The van der Waals surface area contributed by atoms with E-state index in [-0.39, 0.29) is 10.7 Å². The zero-order valence-corrected chi connectivity index (χ0v) is 9.93. The highest BCUT2D eigenvalue weighted by Crippen LogP contribution is 2.20. The fourth-order valence-electron chi connectivity index (χ4n) is 1.70. The van der Waals surface area contributed by atoms with Crippen LogP contribution in [-0.4, -0.2) is 18.6 Å². The van der Waals surface area contributed by atoms with E-state index in [1.165, 1.54) is 30.8 Å². The van der Waals surface area contributed by atoms with Crippen molar-refractivity contribution in [2.75, 3.05) is 18.6 Å². The molecule has 1 heterocycles. The molecule has 1 aromatic rings. The molecule has 0 amide bonds. The van der Waals surface area contributed by atoms with Gasteiger partial charge < -0.3 is 4.74 Å². The molecule has 1 saturated heterocycles. The molecular formula is C12H17NOS. The lowest BCUT2D eigenvalue weighted by Gasteiger charge is -2.13. The zero-order valence-electron chi connectivity index (χ0n) is 9.11. The lowest BCUT2D eigenvalue weighted by molar-refractivity contribution is 0.415. The van der Waals surface area contributed by atoms with Crippen molar-refractivity contribution in [3.05, 3.63) is 24.3 Å². The molecule has 1 aliphatic heterocycles. The molecule has 2 nitrogen and oxygen atoms in total. The lowest BCUT2D eigenvalue weighted by atomic mass is 10.3. The molecule has 0 spiro atoms. The maximum atomic E-state index is 5.12. The van der Waals surface area contributed by atoms with Crippen LogP contribution in [0.15, 0.2) is 28.6 Å². The summed E-state index contributed by atoms with van der Waals surface area (Å²) in [5, 5.41) is 0. The molecule has 1 aromatic carbocycles. The Morgan fingerprint density at radius 3 is 2.33 bits per heavy atom. The quantitative estimate of drug-likeness (QED) is 0.753. The second-order valence-corrected chi connectivity index (χ2v) is 5.64. The van der Waals surface area contributed by atoms with Gasteiger partial charge in [0.15, 0.2) is 0 Å². The van der Waals surface area contributed by atoms with E-state index in [2.05, 4.69) is 0 Å². The molecular weight excluding hydrogens is 206 g/mol. The van der Waals surface area contributed by atoms with E-state index in [0.717, 1.165) is 11.4 Å². The van der Waals surface area contributed by atoms with E-state index >= 15 is 0 Å². The minimum absolute atomic E-state index is 0.280. The number of nitrogens with zero attached hydrogens (tertiary/aromatic N) is 1. The first-order valence-electron chi connectivity index (χ1n) is 5.42. The third-order valence-electron chi connectivity index (χ3n) is 2.57. The molecule has 0 unspecified atom stereocenters. The zero-order chi connectivity index (χ0) is 10.5. The Hall–Kier alpha value is -0.830. The SMILES string of the molecule is COc1ccc(N=S2CCCCC2)cc1. The fraction of sp³-hybridized carbons (Fsp3) is 0.500. The summed E-state index contributed by atoms with van der Waals surface area (Å²) in [5.74, 6) is 3.47. The summed E-state index contributed by atoms with van der Waals surface area (Å²) in [7, 11) is 1.97. The second-order valence-electron chi connectivity index (χ2n) is 3.72. The molecule has 1 aliphatic rings. The van der Waals surface area contributed by atoms with Gasteiger partial charge in [0.05, 0.1) is 12.8 Å². The van der Waals surface area contributed by atoms with Crippen LogP contribution in [-0.2, 0) is 10.7 Å². The Kier molecular flexibility index (Phi) is 3.78. The summed E-state index contributed by atoms with van der Waals surface area (Å²) in [4.78, 5) is 0. The largest absolute Gasteiger partial charge is 0.497 e. The predicted molar refractivity (Wildman–Crippen MR) is 66.0 cm³/mol. The molecule has 0 aliphatic carbocycles. The maximum Gasteiger partial charge on any atom is 0.119 e. The van der Waals surface area contributed by atoms with Gasteiger partial charge in [-0.2, -0.15) is 0 Å². The highest BCUT2D eigenvalue weighted by molar-refractivity contribution is 7.87. The third-order valence-corrected chi connectivity index (χ3v) is 4.56. The summed E-state index contributed by atoms with van der Waals surface area (Å²) in [6.45, 7) is 0. The first kappa shape index (κ1) is 10.7. The molecule has 1 fully saturated rings. The number of benzene rings is 1. The second kappa shape index (κ2) is 5.31. The summed E-state index contributed by atoms with van der Waals surface area (Å²) < 4.78 is 9.89. The topological polar surface area (TPSA) is 21.6 Å². The molecule has 0 bridgehead atoms. The van der Waals surface area contributed by atoms with Crippen molar-refractivity contribution in [3.8, 4) is 5.75 Å². The van der Waals surface area contributed by atoms with E-state index < -0.39 is 0 Å². The average molecular weight is 223 g/mol. The lowest BCUT2D eigenvalue weighted by Crippen LogP contribution is -2.08. The van der Waals surface area contributed by atoms with Crippen molar-refractivity contribution in [2.24, 2.45) is 4.36 Å². The smallest absolute Gasteiger partial charge is 0.119 e. The minimum atomic E-state index is 0.280. The summed E-state index contributed by atoms with van der Waals surface area (Å²) >= 11 is 0. The molecule has 0 radical (unpaired) electrons. The van der Waals surface area contributed by atoms with E-state index in [0.29, 0.717) is 0 Å². The maximum absolute atomic E-state index is 5.12. The molecule has 82 valence electrons. The van der Waals surface area contributed by atoms with E-state index in [4.69, 9.17) is 9.10 Å². The molecule has 3 heteroatoms. The average Bonchev–Trinajstić information content (AvgIpc) is 2.31. The third kappa shape index (κ3) is 3.06. The fourth-order valence-corrected chi connectivity index (χ4v) is 3.58. The Balaban J connectivity index is 2.08. The van der Waals surface area contributed by atoms with Crippen LogP contribution in [0.1, 0.15) is 19.3 Å². The molecule has 0 saturated carbocycles. The van der Waals surface area contributed by atoms with Gasteiger partial charge in [-0.05, 0) is 37.1 Å². The first-order valence-corrected chi connectivity index (χ1v) is 6.94. The van der Waals surface area contributed by atoms with Gasteiger partial charge in [0.25, 0.3) is 0 Å². The molecule has 15 heavy (non-hydrogen) atoms. The van der Waals surface area contributed by atoms with E-state index in [9.17, 15) is 0 Å². The normalized spacial score (nSPS) is 17.4. The van der Waals surface area contributed by atoms with Gasteiger partial charge in [-0.15, -0.1) is 0 Å².